The van der Waals surface area contributed by atoms with Crippen molar-refractivity contribution in [1.82, 2.24) is 9.80 Å². The van der Waals surface area contributed by atoms with E-state index in [1.165, 1.54) is 11.7 Å². The van der Waals surface area contributed by atoms with Crippen LogP contribution in [0.15, 0.2) is 10.2 Å². The Balaban J connectivity index is 2.27. The molecule has 2 rings (SSSR count). The quantitative estimate of drug-likeness (QED) is 0.573. The summed E-state index contributed by atoms with van der Waals surface area (Å²) in [5.41, 5.74) is -0.624. The molecule has 6 heteroatoms. The summed E-state index contributed by atoms with van der Waals surface area (Å²) in [6.45, 7) is 12.8. The Morgan fingerprint density at radius 3 is 1.32 bits per heavy atom. The van der Waals surface area contributed by atoms with E-state index in [0.29, 0.717) is 0 Å². The minimum Gasteiger partial charge on any atom is -0.262 e. The summed E-state index contributed by atoms with van der Waals surface area (Å²) >= 11 is 0. The molecule has 0 spiro atoms. The standard InChI is InChI=1S/C16H32N6/c1-15(2,13-19(5)9-10-20(13)6)17-18-16(3,4)14-21(7)11-12-22(14)8/h9-12H2,1-8H3/q+2. The van der Waals surface area contributed by atoms with Crippen molar-refractivity contribution in [3.8, 4) is 0 Å². The van der Waals surface area contributed by atoms with Crippen LogP contribution in [0.4, 0.5) is 0 Å². The first-order valence-corrected chi connectivity index (χ1v) is 8.10. The van der Waals surface area contributed by atoms with Gasteiger partial charge in [0, 0.05) is 0 Å². The van der Waals surface area contributed by atoms with Crippen molar-refractivity contribution in [2.75, 3.05) is 54.4 Å². The molecule has 0 aromatic rings. The summed E-state index contributed by atoms with van der Waals surface area (Å²) < 4.78 is 4.57. The van der Waals surface area contributed by atoms with E-state index in [2.05, 4.69) is 74.8 Å². The number of azo groups is 1. The summed E-state index contributed by atoms with van der Waals surface area (Å²) in [7, 11) is 8.53. The molecule has 22 heavy (non-hydrogen) atoms. The molecule has 0 atom stereocenters. The van der Waals surface area contributed by atoms with Crippen molar-refractivity contribution in [2.24, 2.45) is 10.2 Å². The molecular formula is C16H32N6+2. The Bertz CT molecular complexity index is 493. The van der Waals surface area contributed by atoms with Crippen molar-refractivity contribution in [3.05, 3.63) is 0 Å². The Hall–Kier alpha value is -1.46. The van der Waals surface area contributed by atoms with Gasteiger partial charge in [-0.1, -0.05) is 0 Å². The van der Waals surface area contributed by atoms with Crippen LogP contribution in [0, 0.1) is 0 Å². The van der Waals surface area contributed by atoms with Gasteiger partial charge in [0.05, 0.1) is 28.2 Å². The van der Waals surface area contributed by atoms with E-state index in [9.17, 15) is 0 Å². The minimum absolute atomic E-state index is 0.312. The van der Waals surface area contributed by atoms with Gasteiger partial charge in [-0.15, -0.1) is 0 Å². The van der Waals surface area contributed by atoms with Gasteiger partial charge >= 0.3 is 0 Å². The van der Waals surface area contributed by atoms with Gasteiger partial charge in [-0.25, -0.2) is 0 Å². The van der Waals surface area contributed by atoms with Gasteiger partial charge in [0.2, 0.25) is 0 Å². The van der Waals surface area contributed by atoms with E-state index in [1.54, 1.807) is 0 Å². The van der Waals surface area contributed by atoms with Gasteiger partial charge < -0.3 is 0 Å². The van der Waals surface area contributed by atoms with Crippen molar-refractivity contribution < 1.29 is 9.15 Å². The zero-order valence-corrected chi connectivity index (χ0v) is 15.5. The second-order valence-corrected chi connectivity index (χ2v) is 7.65. The molecule has 0 aromatic heterocycles. The number of nitrogens with zero attached hydrogens (tertiary/aromatic N) is 6. The first-order valence-electron chi connectivity index (χ1n) is 8.10. The maximum absolute atomic E-state index is 4.75. The van der Waals surface area contributed by atoms with Crippen LogP contribution in [0.3, 0.4) is 0 Å². The Morgan fingerprint density at radius 2 is 1.09 bits per heavy atom. The highest BCUT2D eigenvalue weighted by molar-refractivity contribution is 5.88. The zero-order valence-electron chi connectivity index (χ0n) is 15.5. The van der Waals surface area contributed by atoms with Gasteiger partial charge in [-0.2, -0.15) is 10.2 Å². The molecule has 2 heterocycles. The molecule has 2 aliphatic rings. The summed E-state index contributed by atoms with van der Waals surface area (Å²) in [5.74, 6) is 2.48. The van der Waals surface area contributed by atoms with Crippen LogP contribution in [0.2, 0.25) is 0 Å². The summed E-state index contributed by atoms with van der Waals surface area (Å²) in [4.78, 5) is 4.57. The van der Waals surface area contributed by atoms with Gasteiger partial charge in [-0.3, -0.25) is 19.0 Å². The molecule has 0 bridgehead atoms. The fraction of sp³-hybridized carbons (Fsp3) is 0.875. The Morgan fingerprint density at radius 1 is 0.773 bits per heavy atom. The summed E-state index contributed by atoms with van der Waals surface area (Å²) in [6, 6.07) is 0. The van der Waals surface area contributed by atoms with Crippen LogP contribution >= 0.6 is 0 Å². The number of hydrogen-bond donors (Lipinski definition) is 0. The van der Waals surface area contributed by atoms with Gasteiger partial charge in [0.15, 0.2) is 11.1 Å². The van der Waals surface area contributed by atoms with Crippen LogP contribution in [-0.2, 0) is 0 Å². The van der Waals surface area contributed by atoms with Crippen LogP contribution < -0.4 is 0 Å². The van der Waals surface area contributed by atoms with E-state index in [4.69, 9.17) is 10.2 Å². The topological polar surface area (TPSA) is 37.2 Å². The molecule has 0 aromatic carbocycles. The maximum atomic E-state index is 4.75. The van der Waals surface area contributed by atoms with E-state index in [1.807, 2.05) is 0 Å². The third-order valence-corrected chi connectivity index (χ3v) is 4.63. The Kier molecular flexibility index (Phi) is 4.33. The van der Waals surface area contributed by atoms with E-state index in [-0.39, 0.29) is 11.1 Å². The smallest absolute Gasteiger partial charge is 0.262 e. The van der Waals surface area contributed by atoms with Crippen LogP contribution in [0.5, 0.6) is 0 Å². The Labute approximate surface area is 134 Å². The molecule has 2 aliphatic heterocycles. The van der Waals surface area contributed by atoms with Crippen molar-refractivity contribution >= 4 is 11.7 Å². The molecule has 0 saturated heterocycles. The molecule has 6 nitrogen and oxygen atoms in total. The largest absolute Gasteiger partial charge is 0.276 e. The van der Waals surface area contributed by atoms with Gasteiger partial charge in [-0.05, 0) is 27.7 Å². The van der Waals surface area contributed by atoms with Crippen LogP contribution in [0.25, 0.3) is 0 Å². The van der Waals surface area contributed by atoms with Gasteiger partial charge in [0.25, 0.3) is 11.7 Å². The third kappa shape index (κ3) is 3.01. The zero-order chi connectivity index (χ0) is 16.7. The molecule has 0 radical (unpaired) electrons. The highest BCUT2D eigenvalue weighted by Gasteiger charge is 2.43. The van der Waals surface area contributed by atoms with Crippen molar-refractivity contribution in [3.63, 3.8) is 0 Å². The normalized spacial score (nSPS) is 21.1. The highest BCUT2D eigenvalue weighted by Crippen LogP contribution is 2.23. The van der Waals surface area contributed by atoms with E-state index < -0.39 is 0 Å². The predicted octanol–water partition coefficient (Wildman–Crippen LogP) is 0.968. The molecule has 124 valence electrons. The number of hydrogen-bond acceptors (Lipinski definition) is 4. The van der Waals surface area contributed by atoms with Crippen molar-refractivity contribution in [2.45, 2.75) is 38.8 Å². The molecule has 0 fully saturated rings. The van der Waals surface area contributed by atoms with E-state index >= 15 is 0 Å². The van der Waals surface area contributed by atoms with Crippen molar-refractivity contribution in [1.29, 1.82) is 0 Å². The fourth-order valence-electron chi connectivity index (χ4n) is 3.81. The number of rotatable bonds is 4. The average Bonchev–Trinajstić information content (AvgIpc) is 2.91. The molecular weight excluding hydrogens is 276 g/mol. The lowest BCUT2D eigenvalue weighted by Crippen LogP contribution is -2.44. The van der Waals surface area contributed by atoms with Gasteiger partial charge in [0.1, 0.15) is 26.2 Å². The predicted molar refractivity (Wildman–Crippen MR) is 90.4 cm³/mol. The maximum Gasteiger partial charge on any atom is 0.276 e. The molecule has 0 unspecified atom stereocenters. The monoisotopic (exact) mass is 308 g/mol. The number of amidine groups is 2. The second-order valence-electron chi connectivity index (χ2n) is 7.65. The fourth-order valence-corrected chi connectivity index (χ4v) is 3.81. The first-order chi connectivity index (χ1) is 10.1. The lowest BCUT2D eigenvalue weighted by Gasteiger charge is -2.24. The average molecular weight is 308 g/mol. The first kappa shape index (κ1) is 16.9. The second kappa shape index (κ2) is 5.63. The lowest BCUT2D eigenvalue weighted by atomic mass is 10.0. The molecule has 0 amide bonds. The molecule has 0 aliphatic carbocycles. The summed E-state index contributed by atoms with van der Waals surface area (Å²) in [6.07, 6.45) is 0. The van der Waals surface area contributed by atoms with Crippen LogP contribution in [0.1, 0.15) is 27.7 Å². The third-order valence-electron chi connectivity index (χ3n) is 4.63. The minimum atomic E-state index is -0.312. The number of likely N-dealkylation sites (N-methyl/N-ethyl adjacent to an activating group) is 4. The SMILES string of the molecule is CN1CC[N+](C)=C1C(C)(C)N=NC(C)(C)C1=[N+](C)CCN1C. The molecule has 0 saturated carbocycles. The lowest BCUT2D eigenvalue weighted by molar-refractivity contribution is -0.489. The highest BCUT2D eigenvalue weighted by atomic mass is 15.4. The van der Waals surface area contributed by atoms with E-state index in [0.717, 1.165) is 26.2 Å². The van der Waals surface area contributed by atoms with Crippen LogP contribution in [-0.4, -0.2) is 96.1 Å². The summed E-state index contributed by atoms with van der Waals surface area (Å²) in [5, 5.41) is 9.51. The molecule has 0 N–H and O–H groups in total.